The van der Waals surface area contributed by atoms with Gasteiger partial charge in [-0.3, -0.25) is 0 Å². The van der Waals surface area contributed by atoms with Gasteiger partial charge in [0.05, 0.1) is 6.61 Å². The van der Waals surface area contributed by atoms with Crippen molar-refractivity contribution in [2.75, 3.05) is 13.2 Å². The van der Waals surface area contributed by atoms with Gasteiger partial charge in [0.25, 0.3) is 0 Å². The smallest absolute Gasteiger partial charge is 0.132 e. The summed E-state index contributed by atoms with van der Waals surface area (Å²) in [5, 5.41) is 8.47. The number of hydrogen-bond acceptors (Lipinski definition) is 4. The van der Waals surface area contributed by atoms with Gasteiger partial charge in [-0.2, -0.15) is 0 Å². The van der Waals surface area contributed by atoms with Crippen LogP contribution in [0.5, 0.6) is 5.75 Å². The van der Waals surface area contributed by atoms with Crippen molar-refractivity contribution in [1.29, 1.82) is 0 Å². The van der Waals surface area contributed by atoms with Crippen molar-refractivity contribution in [2.24, 2.45) is 0 Å². The highest BCUT2D eigenvalue weighted by atomic mass is 32.2. The van der Waals surface area contributed by atoms with Crippen molar-refractivity contribution in [1.82, 2.24) is 0 Å². The molecule has 3 rings (SSSR count). The molecule has 24 heavy (non-hydrogen) atoms. The molecular formula is C20H20O2S2. The highest BCUT2D eigenvalue weighted by Gasteiger charge is 1.96. The molecule has 3 aromatic carbocycles. The molecule has 0 bridgehead atoms. The van der Waals surface area contributed by atoms with Gasteiger partial charge < -0.3 is 9.84 Å². The van der Waals surface area contributed by atoms with Crippen molar-refractivity contribution in [3.05, 3.63) is 84.9 Å². The molecule has 1 N–H and O–H groups in total. The van der Waals surface area contributed by atoms with Gasteiger partial charge in [0.2, 0.25) is 0 Å². The molecule has 3 aromatic rings. The Kier molecular flexibility index (Phi) is 8.32. The normalized spacial score (nSPS) is 9.75. The maximum absolute atomic E-state index is 8.47. The Hall–Kier alpha value is -1.88. The fourth-order valence-corrected chi connectivity index (χ4v) is 2.93. The molecule has 0 spiro atoms. The van der Waals surface area contributed by atoms with E-state index in [4.69, 9.17) is 9.84 Å². The molecule has 0 saturated carbocycles. The Bertz CT molecular complexity index is 666. The van der Waals surface area contributed by atoms with E-state index in [1.165, 1.54) is 9.79 Å². The highest BCUT2D eigenvalue weighted by molar-refractivity contribution is 7.99. The monoisotopic (exact) mass is 356 g/mol. The highest BCUT2D eigenvalue weighted by Crippen LogP contribution is 2.26. The first-order valence-corrected chi connectivity index (χ1v) is 8.85. The summed E-state index contributed by atoms with van der Waals surface area (Å²) in [5.41, 5.74) is 0. The van der Waals surface area contributed by atoms with E-state index < -0.39 is 0 Å². The van der Waals surface area contributed by atoms with Gasteiger partial charge >= 0.3 is 0 Å². The van der Waals surface area contributed by atoms with Crippen molar-refractivity contribution >= 4 is 24.4 Å². The first-order valence-electron chi connectivity index (χ1n) is 7.59. The number of hydrogen-bond donors (Lipinski definition) is 2. The van der Waals surface area contributed by atoms with Crippen LogP contribution in [0.25, 0.3) is 0 Å². The summed E-state index contributed by atoms with van der Waals surface area (Å²) in [6.45, 7) is 0.347. The topological polar surface area (TPSA) is 29.5 Å². The van der Waals surface area contributed by atoms with Gasteiger partial charge in [-0.25, -0.2) is 0 Å². The van der Waals surface area contributed by atoms with E-state index in [1.807, 2.05) is 36.4 Å². The zero-order chi connectivity index (χ0) is 17.0. The maximum atomic E-state index is 8.47. The fraction of sp³-hybridized carbons (Fsp3) is 0.100. The molecule has 0 unspecified atom stereocenters. The van der Waals surface area contributed by atoms with Gasteiger partial charge in [-0.05, 0) is 36.4 Å². The molecule has 0 aliphatic rings. The minimum absolute atomic E-state index is 0.0299. The van der Waals surface area contributed by atoms with Crippen LogP contribution >= 0.6 is 24.4 Å². The van der Waals surface area contributed by atoms with Crippen molar-refractivity contribution < 1.29 is 9.84 Å². The lowest BCUT2D eigenvalue weighted by Gasteiger charge is -2.05. The first-order chi connectivity index (χ1) is 11.8. The summed E-state index contributed by atoms with van der Waals surface area (Å²) < 4.78 is 5.16. The van der Waals surface area contributed by atoms with E-state index in [0.29, 0.717) is 12.4 Å². The summed E-state index contributed by atoms with van der Waals surface area (Å²) in [6.07, 6.45) is 0. The molecule has 0 aromatic heterocycles. The predicted octanol–water partition coefficient (Wildman–Crippen LogP) is 5.18. The minimum atomic E-state index is 0.0299. The fourth-order valence-electron chi connectivity index (χ4n) is 1.85. The SMILES string of the molecule is OCCOc1ccccc1S.c1ccc(Sc2ccccc2)cc1. The summed E-state index contributed by atoms with van der Waals surface area (Å²) in [4.78, 5) is 3.36. The molecule has 0 heterocycles. The van der Waals surface area contributed by atoms with Gasteiger partial charge in [-0.15, -0.1) is 12.6 Å². The molecule has 0 amide bonds. The van der Waals surface area contributed by atoms with Gasteiger partial charge in [0, 0.05) is 14.7 Å². The lowest BCUT2D eigenvalue weighted by molar-refractivity contribution is 0.198. The lowest BCUT2D eigenvalue weighted by Crippen LogP contribution is -2.01. The third kappa shape index (κ3) is 6.71. The number of rotatable bonds is 5. The largest absolute Gasteiger partial charge is 0.490 e. The predicted molar refractivity (Wildman–Crippen MR) is 103 cm³/mol. The molecule has 124 valence electrons. The van der Waals surface area contributed by atoms with E-state index >= 15 is 0 Å². The summed E-state index contributed by atoms with van der Waals surface area (Å²) >= 11 is 5.95. The summed E-state index contributed by atoms with van der Waals surface area (Å²) in [6, 6.07) is 28.2. The molecule has 0 atom stereocenters. The molecule has 0 radical (unpaired) electrons. The number of aliphatic hydroxyl groups is 1. The molecule has 0 aliphatic heterocycles. The summed E-state index contributed by atoms with van der Waals surface area (Å²) in [7, 11) is 0. The van der Waals surface area contributed by atoms with Crippen LogP contribution in [0.1, 0.15) is 0 Å². The maximum Gasteiger partial charge on any atom is 0.132 e. The molecule has 0 saturated heterocycles. The van der Waals surface area contributed by atoms with Gasteiger partial charge in [0.15, 0.2) is 0 Å². The van der Waals surface area contributed by atoms with Crippen LogP contribution in [0.3, 0.4) is 0 Å². The van der Waals surface area contributed by atoms with E-state index in [2.05, 4.69) is 61.2 Å². The second kappa shape index (κ2) is 10.8. The van der Waals surface area contributed by atoms with E-state index in [0.717, 1.165) is 4.90 Å². The van der Waals surface area contributed by atoms with Crippen LogP contribution in [0, 0.1) is 0 Å². The third-order valence-electron chi connectivity index (χ3n) is 2.94. The molecule has 0 aliphatic carbocycles. The third-order valence-corrected chi connectivity index (χ3v) is 4.32. The molecular weight excluding hydrogens is 336 g/mol. The Morgan fingerprint density at radius 3 is 1.75 bits per heavy atom. The number of para-hydroxylation sites is 1. The van der Waals surface area contributed by atoms with Crippen molar-refractivity contribution in [3.63, 3.8) is 0 Å². The standard InChI is InChI=1S/C12H10S.C8H10O2S/c1-3-7-11(8-4-1)13-12-9-5-2-6-10-12;9-5-6-10-7-3-1-2-4-8(7)11/h1-10H;1-4,9,11H,5-6H2. The van der Waals surface area contributed by atoms with Crippen LogP contribution < -0.4 is 4.74 Å². The number of thiol groups is 1. The molecule has 2 nitrogen and oxygen atoms in total. The van der Waals surface area contributed by atoms with Crippen LogP contribution in [0.15, 0.2) is 99.6 Å². The Morgan fingerprint density at radius 2 is 1.25 bits per heavy atom. The average molecular weight is 357 g/mol. The minimum Gasteiger partial charge on any atom is -0.490 e. The Labute approximate surface area is 152 Å². The molecule has 0 fully saturated rings. The van der Waals surface area contributed by atoms with E-state index in [-0.39, 0.29) is 6.61 Å². The number of aliphatic hydroxyl groups excluding tert-OH is 1. The molecule has 4 heteroatoms. The van der Waals surface area contributed by atoms with Crippen LogP contribution in [-0.2, 0) is 0 Å². The Morgan fingerprint density at radius 1 is 0.750 bits per heavy atom. The Balaban J connectivity index is 0.000000177. The quantitative estimate of drug-likeness (QED) is 0.617. The second-order valence-electron chi connectivity index (χ2n) is 4.77. The second-order valence-corrected chi connectivity index (χ2v) is 6.40. The van der Waals surface area contributed by atoms with Gasteiger partial charge in [-0.1, -0.05) is 60.3 Å². The zero-order valence-corrected chi connectivity index (χ0v) is 14.9. The van der Waals surface area contributed by atoms with Crippen LogP contribution in [0.2, 0.25) is 0 Å². The van der Waals surface area contributed by atoms with E-state index in [9.17, 15) is 0 Å². The first kappa shape index (κ1) is 18.5. The number of benzene rings is 3. The number of ether oxygens (including phenoxy) is 1. The van der Waals surface area contributed by atoms with Crippen LogP contribution in [0.4, 0.5) is 0 Å². The van der Waals surface area contributed by atoms with Crippen molar-refractivity contribution in [3.8, 4) is 5.75 Å². The van der Waals surface area contributed by atoms with Crippen LogP contribution in [-0.4, -0.2) is 18.3 Å². The zero-order valence-electron chi connectivity index (χ0n) is 13.2. The summed E-state index contributed by atoms with van der Waals surface area (Å²) in [5.74, 6) is 0.713. The lowest BCUT2D eigenvalue weighted by atomic mass is 10.3. The van der Waals surface area contributed by atoms with Crippen molar-refractivity contribution in [2.45, 2.75) is 14.7 Å². The van der Waals surface area contributed by atoms with Gasteiger partial charge in [0.1, 0.15) is 12.4 Å². The van der Waals surface area contributed by atoms with E-state index in [1.54, 1.807) is 11.8 Å². The average Bonchev–Trinajstić information content (AvgIpc) is 2.63.